The van der Waals surface area contributed by atoms with Gasteiger partial charge in [-0.25, -0.2) is 4.99 Å². The maximum absolute atomic E-state index is 13.2. The molecule has 4 rings (SSSR count). The monoisotopic (exact) mass is 368 g/mol. The molecule has 3 aromatic carbocycles. The van der Waals surface area contributed by atoms with Crippen molar-refractivity contribution in [3.63, 3.8) is 0 Å². The molecule has 28 heavy (non-hydrogen) atoms. The molecule has 0 atom stereocenters. The van der Waals surface area contributed by atoms with E-state index in [9.17, 15) is 4.79 Å². The van der Waals surface area contributed by atoms with Crippen molar-refractivity contribution in [2.45, 2.75) is 6.92 Å². The van der Waals surface area contributed by atoms with Gasteiger partial charge in [0.15, 0.2) is 0 Å². The minimum Gasteiger partial charge on any atom is -0.497 e. The molecule has 0 N–H and O–H groups in total. The average molecular weight is 368 g/mol. The number of amidine groups is 1. The maximum atomic E-state index is 13.2. The van der Waals surface area contributed by atoms with Gasteiger partial charge in [0.25, 0.3) is 5.91 Å². The van der Waals surface area contributed by atoms with Gasteiger partial charge in [0.2, 0.25) is 0 Å². The number of hydrogen-bond acceptors (Lipinski definition) is 3. The van der Waals surface area contributed by atoms with Gasteiger partial charge in [-0.05, 0) is 42.8 Å². The number of anilines is 1. The van der Waals surface area contributed by atoms with E-state index in [1.165, 1.54) is 0 Å². The summed E-state index contributed by atoms with van der Waals surface area (Å²) in [5.74, 6) is 1.21. The highest BCUT2D eigenvalue weighted by Crippen LogP contribution is 2.29. The van der Waals surface area contributed by atoms with Gasteiger partial charge in [-0.1, -0.05) is 60.2 Å². The first-order valence-corrected chi connectivity index (χ1v) is 9.07. The number of amides is 1. The number of benzene rings is 3. The molecular formula is C24H20N2O2. The molecule has 0 fully saturated rings. The Morgan fingerprint density at radius 2 is 1.57 bits per heavy atom. The third-order valence-electron chi connectivity index (χ3n) is 4.60. The number of methoxy groups -OCH3 is 1. The molecule has 1 amide bonds. The predicted molar refractivity (Wildman–Crippen MR) is 113 cm³/mol. The van der Waals surface area contributed by atoms with E-state index in [-0.39, 0.29) is 5.91 Å². The van der Waals surface area contributed by atoms with Crippen molar-refractivity contribution in [2.75, 3.05) is 12.0 Å². The number of carbonyl (C=O) groups is 1. The topological polar surface area (TPSA) is 41.9 Å². The Labute approximate surface area is 164 Å². The van der Waals surface area contributed by atoms with E-state index >= 15 is 0 Å². The number of hydrogen-bond donors (Lipinski definition) is 0. The molecule has 0 unspecified atom stereocenters. The van der Waals surface area contributed by atoms with Crippen molar-refractivity contribution in [1.29, 1.82) is 0 Å². The average Bonchev–Trinajstić information content (AvgIpc) is 3.05. The van der Waals surface area contributed by atoms with Gasteiger partial charge in [0, 0.05) is 5.56 Å². The van der Waals surface area contributed by atoms with Crippen LogP contribution < -0.4 is 9.64 Å². The molecule has 0 aliphatic carbocycles. The Morgan fingerprint density at radius 1 is 0.893 bits per heavy atom. The molecule has 0 saturated heterocycles. The molecule has 1 heterocycles. The third kappa shape index (κ3) is 3.45. The molecule has 0 aromatic heterocycles. The highest BCUT2D eigenvalue weighted by molar-refractivity contribution is 6.33. The lowest BCUT2D eigenvalue weighted by Crippen LogP contribution is -2.32. The zero-order chi connectivity index (χ0) is 19.5. The van der Waals surface area contributed by atoms with Crippen LogP contribution in [0.5, 0.6) is 5.75 Å². The fourth-order valence-corrected chi connectivity index (χ4v) is 3.09. The Hall–Kier alpha value is -3.66. The van der Waals surface area contributed by atoms with Crippen molar-refractivity contribution in [3.05, 3.63) is 101 Å². The van der Waals surface area contributed by atoms with Crippen LogP contribution in [0.2, 0.25) is 0 Å². The van der Waals surface area contributed by atoms with Gasteiger partial charge in [0.1, 0.15) is 17.3 Å². The van der Waals surface area contributed by atoms with Crippen LogP contribution in [0.1, 0.15) is 16.7 Å². The van der Waals surface area contributed by atoms with E-state index in [4.69, 9.17) is 4.74 Å². The highest BCUT2D eigenvalue weighted by atomic mass is 16.5. The molecule has 138 valence electrons. The standard InChI is InChI=1S/C24H20N2O2/c1-17-8-10-19(11-9-17)23-25-22(16-18-6-4-3-5-7-18)24(27)26(23)20-12-14-21(28-2)15-13-20/h3-16H,1-2H3/b22-16-. The molecule has 0 saturated carbocycles. The van der Waals surface area contributed by atoms with Gasteiger partial charge < -0.3 is 4.74 Å². The fourth-order valence-electron chi connectivity index (χ4n) is 3.09. The molecular weight excluding hydrogens is 348 g/mol. The van der Waals surface area contributed by atoms with E-state index < -0.39 is 0 Å². The minimum atomic E-state index is -0.149. The third-order valence-corrected chi connectivity index (χ3v) is 4.60. The number of aliphatic imine (C=N–C) groups is 1. The van der Waals surface area contributed by atoms with Gasteiger partial charge in [-0.3, -0.25) is 9.69 Å². The van der Waals surface area contributed by atoms with E-state index in [0.717, 1.165) is 28.1 Å². The lowest BCUT2D eigenvalue weighted by Gasteiger charge is -2.19. The first-order valence-electron chi connectivity index (χ1n) is 9.07. The molecule has 0 bridgehead atoms. The van der Waals surface area contributed by atoms with Crippen molar-refractivity contribution in [1.82, 2.24) is 0 Å². The van der Waals surface area contributed by atoms with Crippen LogP contribution in [0.4, 0.5) is 5.69 Å². The second-order valence-electron chi connectivity index (χ2n) is 6.58. The second-order valence-corrected chi connectivity index (χ2v) is 6.58. The quantitative estimate of drug-likeness (QED) is 0.619. The molecule has 3 aromatic rings. The zero-order valence-corrected chi connectivity index (χ0v) is 15.8. The zero-order valence-electron chi connectivity index (χ0n) is 15.8. The lowest BCUT2D eigenvalue weighted by molar-refractivity contribution is -0.113. The SMILES string of the molecule is COc1ccc(N2C(=O)/C(=C/c3ccccc3)N=C2c2ccc(C)cc2)cc1. The summed E-state index contributed by atoms with van der Waals surface area (Å²) in [4.78, 5) is 19.6. The molecule has 0 spiro atoms. The second kappa shape index (κ2) is 7.53. The number of carbonyl (C=O) groups excluding carboxylic acids is 1. The Bertz CT molecular complexity index is 1050. The summed E-state index contributed by atoms with van der Waals surface area (Å²) < 4.78 is 5.24. The lowest BCUT2D eigenvalue weighted by atomic mass is 10.1. The Kier molecular flexibility index (Phi) is 4.77. The van der Waals surface area contributed by atoms with E-state index in [1.54, 1.807) is 12.0 Å². The summed E-state index contributed by atoms with van der Waals surface area (Å²) in [5, 5.41) is 0. The molecule has 1 aliphatic rings. The van der Waals surface area contributed by atoms with Crippen LogP contribution in [0.25, 0.3) is 6.08 Å². The van der Waals surface area contributed by atoms with Crippen LogP contribution in [-0.4, -0.2) is 18.9 Å². The first kappa shape index (κ1) is 17.7. The summed E-state index contributed by atoms with van der Waals surface area (Å²) in [6.45, 7) is 2.04. The molecule has 4 heteroatoms. The van der Waals surface area contributed by atoms with Crippen LogP contribution in [-0.2, 0) is 4.79 Å². The van der Waals surface area contributed by atoms with Crippen LogP contribution in [0.15, 0.2) is 89.6 Å². The molecule has 4 nitrogen and oxygen atoms in total. The highest BCUT2D eigenvalue weighted by Gasteiger charge is 2.32. The molecule has 0 radical (unpaired) electrons. The van der Waals surface area contributed by atoms with E-state index in [1.807, 2.05) is 91.9 Å². The summed E-state index contributed by atoms with van der Waals surface area (Å²) in [6, 6.07) is 25.2. The summed E-state index contributed by atoms with van der Waals surface area (Å²) in [5.41, 5.74) is 4.16. The number of aryl methyl sites for hydroxylation is 1. The van der Waals surface area contributed by atoms with Crippen molar-refractivity contribution in [3.8, 4) is 5.75 Å². The number of ether oxygens (including phenoxy) is 1. The Morgan fingerprint density at radius 3 is 2.21 bits per heavy atom. The summed E-state index contributed by atoms with van der Waals surface area (Å²) in [6.07, 6.45) is 1.82. The number of nitrogens with zero attached hydrogens (tertiary/aromatic N) is 2. The Balaban J connectivity index is 1.80. The maximum Gasteiger partial charge on any atom is 0.282 e. The van der Waals surface area contributed by atoms with Crippen molar-refractivity contribution >= 4 is 23.5 Å². The van der Waals surface area contributed by atoms with Gasteiger partial charge in [-0.2, -0.15) is 0 Å². The summed E-state index contributed by atoms with van der Waals surface area (Å²) in [7, 11) is 1.62. The largest absolute Gasteiger partial charge is 0.497 e. The number of rotatable bonds is 4. The smallest absolute Gasteiger partial charge is 0.282 e. The van der Waals surface area contributed by atoms with E-state index in [0.29, 0.717) is 11.5 Å². The van der Waals surface area contributed by atoms with Crippen LogP contribution >= 0.6 is 0 Å². The minimum absolute atomic E-state index is 0.149. The van der Waals surface area contributed by atoms with Crippen LogP contribution in [0.3, 0.4) is 0 Å². The van der Waals surface area contributed by atoms with Gasteiger partial charge >= 0.3 is 0 Å². The normalized spacial score (nSPS) is 15.1. The van der Waals surface area contributed by atoms with Crippen molar-refractivity contribution < 1.29 is 9.53 Å². The van der Waals surface area contributed by atoms with Crippen LogP contribution in [0, 0.1) is 6.92 Å². The first-order chi connectivity index (χ1) is 13.7. The van der Waals surface area contributed by atoms with Gasteiger partial charge in [-0.15, -0.1) is 0 Å². The summed E-state index contributed by atoms with van der Waals surface area (Å²) >= 11 is 0. The predicted octanol–water partition coefficient (Wildman–Crippen LogP) is 4.84. The van der Waals surface area contributed by atoms with E-state index in [2.05, 4.69) is 4.99 Å². The molecule has 1 aliphatic heterocycles. The fraction of sp³-hybridized carbons (Fsp3) is 0.0833. The van der Waals surface area contributed by atoms with Crippen molar-refractivity contribution in [2.24, 2.45) is 4.99 Å². The van der Waals surface area contributed by atoms with Gasteiger partial charge in [0.05, 0.1) is 12.8 Å².